The number of amides is 5. The van der Waals surface area contributed by atoms with Gasteiger partial charge in [-0.05, 0) is 55.9 Å². The van der Waals surface area contributed by atoms with Crippen LogP contribution < -0.4 is 26.6 Å². The molecule has 2 aromatic rings. The summed E-state index contributed by atoms with van der Waals surface area (Å²) in [7, 11) is 0. The average molecular weight is 772 g/mol. The predicted molar refractivity (Wildman–Crippen MR) is 199 cm³/mol. The first-order chi connectivity index (χ1) is 25.4. The van der Waals surface area contributed by atoms with Crippen molar-refractivity contribution in [2.24, 2.45) is 5.92 Å². The third kappa shape index (κ3) is 13.0. The largest absolute Gasteiger partial charge is 0.480 e. The van der Waals surface area contributed by atoms with Crippen molar-refractivity contribution in [2.45, 2.75) is 84.2 Å². The van der Waals surface area contributed by atoms with Gasteiger partial charge in [0.05, 0.1) is 5.88 Å². The Kier molecular flexibility index (Phi) is 15.7. The zero-order valence-corrected chi connectivity index (χ0v) is 32.2. The SMILES string of the molecule is CC(=O)NCSC[C@H](NC(=O)[C@H](C)NC(=O)OC(C)(C)C)C(=O)N[C@H](C(=O)OC[C@@H](NC(=O)OCC1c2ccccc2-c2ccccc21)C(=O)O)C(C)C. The molecule has 0 aliphatic heterocycles. The van der Waals surface area contributed by atoms with E-state index in [9.17, 15) is 38.7 Å². The highest BCUT2D eigenvalue weighted by atomic mass is 32.2. The highest BCUT2D eigenvalue weighted by molar-refractivity contribution is 7.99. The van der Waals surface area contributed by atoms with Gasteiger partial charge < -0.3 is 45.9 Å². The van der Waals surface area contributed by atoms with Gasteiger partial charge in [0.1, 0.15) is 36.9 Å². The van der Waals surface area contributed by atoms with Gasteiger partial charge in [-0.1, -0.05) is 62.4 Å². The molecule has 0 spiro atoms. The van der Waals surface area contributed by atoms with Crippen molar-refractivity contribution < 1.29 is 52.9 Å². The Labute approximate surface area is 318 Å². The van der Waals surface area contributed by atoms with Crippen LogP contribution in [0.15, 0.2) is 48.5 Å². The number of carboxylic acid groups (broad SMARTS) is 1. The first kappa shape index (κ1) is 43.1. The summed E-state index contributed by atoms with van der Waals surface area (Å²) >= 11 is 1.11. The first-order valence-corrected chi connectivity index (χ1v) is 18.5. The van der Waals surface area contributed by atoms with Gasteiger partial charge in [-0.15, -0.1) is 11.8 Å². The number of esters is 1. The Hall–Kier alpha value is -5.32. The number of carbonyl (C=O) groups is 7. The molecule has 6 N–H and O–H groups in total. The van der Waals surface area contributed by atoms with Crippen LogP contribution in [0.25, 0.3) is 11.1 Å². The molecular weight excluding hydrogens is 722 g/mol. The summed E-state index contributed by atoms with van der Waals surface area (Å²) in [6.07, 6.45) is -1.87. The molecule has 1 aliphatic rings. The fourth-order valence-corrected chi connectivity index (χ4v) is 6.22. The number of hydrogen-bond donors (Lipinski definition) is 6. The van der Waals surface area contributed by atoms with E-state index >= 15 is 0 Å². The van der Waals surface area contributed by atoms with Crippen molar-refractivity contribution >= 4 is 53.6 Å². The van der Waals surface area contributed by atoms with Crippen LogP contribution in [0.5, 0.6) is 0 Å². The van der Waals surface area contributed by atoms with E-state index in [4.69, 9.17) is 14.2 Å². The Balaban J connectivity index is 1.61. The Morgan fingerprint density at radius 3 is 1.91 bits per heavy atom. The number of fused-ring (bicyclic) bond motifs is 3. The van der Waals surface area contributed by atoms with Crippen LogP contribution in [0.2, 0.25) is 0 Å². The maximum absolute atomic E-state index is 13.5. The quantitative estimate of drug-likeness (QED) is 0.0591. The minimum atomic E-state index is -1.68. The molecule has 0 unspecified atom stereocenters. The molecule has 2 aromatic carbocycles. The van der Waals surface area contributed by atoms with E-state index in [1.807, 2.05) is 48.5 Å². The number of alkyl carbamates (subject to hydrolysis) is 2. The third-order valence-corrected chi connectivity index (χ3v) is 8.93. The summed E-state index contributed by atoms with van der Waals surface area (Å²) in [5.41, 5.74) is 3.16. The van der Waals surface area contributed by atoms with E-state index in [2.05, 4.69) is 26.6 Å². The van der Waals surface area contributed by atoms with E-state index in [1.165, 1.54) is 13.8 Å². The summed E-state index contributed by atoms with van der Waals surface area (Å²) in [6.45, 7) is 10.1. The number of carboxylic acids is 1. The average Bonchev–Trinajstić information content (AvgIpc) is 3.41. The van der Waals surface area contributed by atoms with Crippen LogP contribution in [0.3, 0.4) is 0 Å². The Bertz CT molecular complexity index is 1650. The minimum absolute atomic E-state index is 0.0397. The van der Waals surface area contributed by atoms with E-state index in [1.54, 1.807) is 34.6 Å². The number of hydrogen-bond acceptors (Lipinski definition) is 11. The highest BCUT2D eigenvalue weighted by Gasteiger charge is 2.34. The third-order valence-electron chi connectivity index (χ3n) is 8.01. The fraction of sp³-hybridized carbons (Fsp3) is 0.486. The molecule has 0 aromatic heterocycles. The van der Waals surface area contributed by atoms with Crippen LogP contribution in [0.4, 0.5) is 9.59 Å². The summed E-state index contributed by atoms with van der Waals surface area (Å²) in [5.74, 6) is -5.05. The summed E-state index contributed by atoms with van der Waals surface area (Å²) in [5, 5.41) is 22.0. The van der Waals surface area contributed by atoms with Gasteiger partial charge in [0.25, 0.3) is 0 Å². The molecule has 0 fully saturated rings. The fourth-order valence-electron chi connectivity index (χ4n) is 5.32. The maximum Gasteiger partial charge on any atom is 0.408 e. The Morgan fingerprint density at radius 1 is 0.778 bits per heavy atom. The number of nitrogens with one attached hydrogen (secondary N) is 5. The van der Waals surface area contributed by atoms with E-state index in [-0.39, 0.29) is 30.1 Å². The van der Waals surface area contributed by atoms with E-state index in [0.29, 0.717) is 0 Å². The molecule has 294 valence electrons. The van der Waals surface area contributed by atoms with Gasteiger partial charge in [-0.25, -0.2) is 19.2 Å². The summed E-state index contributed by atoms with van der Waals surface area (Å²) in [6, 6.07) is 10.1. The van der Waals surface area contributed by atoms with Crippen LogP contribution in [0.1, 0.15) is 65.5 Å². The zero-order valence-electron chi connectivity index (χ0n) is 31.3. The van der Waals surface area contributed by atoms with Crippen LogP contribution in [-0.4, -0.2) is 102 Å². The lowest BCUT2D eigenvalue weighted by Crippen LogP contribution is -2.57. The number of carbonyl (C=O) groups excluding carboxylic acids is 6. The standard InChI is InChI=1S/C37H49N5O11S/c1-20(2)30(42-32(45)29(18-54-19-38-22(4)43)40-31(44)21(3)39-36(50)53-37(5,6)7)34(48)51-17-28(33(46)47)41-35(49)52-16-27-25-14-10-8-12-23(25)24-13-9-11-15-26(24)27/h8-15,20-21,27-30H,16-19H2,1-7H3,(H,38,43)(H,39,50)(H,40,44)(H,41,49)(H,42,45)(H,46,47)/t21-,28+,29-,30-/m0/s1. The van der Waals surface area contributed by atoms with Crippen LogP contribution >= 0.6 is 11.8 Å². The molecule has 1 aliphatic carbocycles. The number of aliphatic carboxylic acids is 1. The normalized spacial score (nSPS) is 14.2. The van der Waals surface area contributed by atoms with Crippen molar-refractivity contribution in [1.82, 2.24) is 26.6 Å². The molecule has 3 rings (SSSR count). The molecule has 0 saturated carbocycles. The van der Waals surface area contributed by atoms with Gasteiger partial charge in [0.15, 0.2) is 6.04 Å². The molecule has 17 heteroatoms. The molecule has 5 amide bonds. The van der Waals surface area contributed by atoms with Crippen LogP contribution in [-0.2, 0) is 38.2 Å². The lowest BCUT2D eigenvalue weighted by Gasteiger charge is -2.26. The molecule has 4 atom stereocenters. The predicted octanol–water partition coefficient (Wildman–Crippen LogP) is 2.89. The summed E-state index contributed by atoms with van der Waals surface area (Å²) in [4.78, 5) is 88.0. The van der Waals surface area contributed by atoms with Gasteiger partial charge in [0, 0.05) is 18.6 Å². The first-order valence-electron chi connectivity index (χ1n) is 17.3. The Morgan fingerprint density at radius 2 is 1.37 bits per heavy atom. The lowest BCUT2D eigenvalue weighted by molar-refractivity contribution is -0.152. The van der Waals surface area contributed by atoms with E-state index < -0.39 is 78.2 Å². The highest BCUT2D eigenvalue weighted by Crippen LogP contribution is 2.44. The monoisotopic (exact) mass is 771 g/mol. The van der Waals surface area contributed by atoms with Crippen molar-refractivity contribution in [3.05, 3.63) is 59.7 Å². The van der Waals surface area contributed by atoms with Gasteiger partial charge in [-0.2, -0.15) is 0 Å². The molecule has 0 saturated heterocycles. The number of rotatable bonds is 17. The van der Waals surface area contributed by atoms with Gasteiger partial charge >= 0.3 is 24.1 Å². The maximum atomic E-state index is 13.5. The van der Waals surface area contributed by atoms with Crippen molar-refractivity contribution in [1.29, 1.82) is 0 Å². The topological polar surface area (TPSA) is 228 Å². The van der Waals surface area contributed by atoms with Gasteiger partial charge in [-0.3, -0.25) is 14.4 Å². The second-order valence-electron chi connectivity index (χ2n) is 13.9. The van der Waals surface area contributed by atoms with Gasteiger partial charge in [0.2, 0.25) is 17.7 Å². The van der Waals surface area contributed by atoms with Crippen molar-refractivity contribution in [2.75, 3.05) is 24.8 Å². The second kappa shape index (κ2) is 19.7. The minimum Gasteiger partial charge on any atom is -0.480 e. The molecule has 0 heterocycles. The molecule has 0 bridgehead atoms. The smallest absolute Gasteiger partial charge is 0.408 e. The van der Waals surface area contributed by atoms with Crippen molar-refractivity contribution in [3.8, 4) is 11.1 Å². The number of ether oxygens (including phenoxy) is 3. The van der Waals surface area contributed by atoms with E-state index in [0.717, 1.165) is 34.0 Å². The lowest BCUT2D eigenvalue weighted by atomic mass is 9.98. The number of thioether (sulfide) groups is 1. The molecular formula is C37H49N5O11S. The zero-order chi connectivity index (χ0) is 40.2. The second-order valence-corrected chi connectivity index (χ2v) is 14.9. The van der Waals surface area contributed by atoms with Crippen LogP contribution in [0, 0.1) is 5.92 Å². The van der Waals surface area contributed by atoms with Crippen molar-refractivity contribution in [3.63, 3.8) is 0 Å². The molecule has 16 nitrogen and oxygen atoms in total. The molecule has 0 radical (unpaired) electrons. The number of benzene rings is 2. The molecule has 54 heavy (non-hydrogen) atoms. The summed E-state index contributed by atoms with van der Waals surface area (Å²) < 4.78 is 15.9.